The molecule has 2 rings (SSSR count). The number of rotatable bonds is 2. The van der Waals surface area contributed by atoms with E-state index in [-0.39, 0.29) is 11.6 Å². The first-order valence-electron chi connectivity index (χ1n) is 5.15. The van der Waals surface area contributed by atoms with E-state index in [0.717, 1.165) is 5.69 Å². The average Bonchev–Trinajstić information content (AvgIpc) is 2.30. The highest BCUT2D eigenvalue weighted by Crippen LogP contribution is 2.21. The lowest BCUT2D eigenvalue weighted by atomic mass is 10.1. The molecule has 0 fully saturated rings. The zero-order chi connectivity index (χ0) is 12.3. The summed E-state index contributed by atoms with van der Waals surface area (Å²) in [5.74, 6) is 0.288. The normalized spacial score (nSPS) is 11.4. The van der Waals surface area contributed by atoms with Gasteiger partial charge in [0.15, 0.2) is 0 Å². The molecule has 0 spiro atoms. The summed E-state index contributed by atoms with van der Waals surface area (Å²) in [4.78, 5) is 4.21. The molecule has 0 heterocycles. The van der Waals surface area contributed by atoms with E-state index in [1.54, 1.807) is 12.1 Å². The quantitative estimate of drug-likeness (QED) is 0.417. The van der Waals surface area contributed by atoms with Crippen molar-refractivity contribution in [1.29, 1.82) is 0 Å². The molecule has 2 aromatic carbocycles. The van der Waals surface area contributed by atoms with Crippen molar-refractivity contribution in [3.8, 4) is 5.75 Å². The van der Waals surface area contributed by atoms with Gasteiger partial charge in [-0.15, -0.1) is 0 Å². The second-order valence-electron chi connectivity index (χ2n) is 3.61. The molecule has 4 heteroatoms. The molecule has 0 atom stereocenters. The molecule has 0 radical (unpaired) electrons. The summed E-state index contributed by atoms with van der Waals surface area (Å²) in [6.07, 6.45) is 0. The predicted molar refractivity (Wildman–Crippen MR) is 69.3 cm³/mol. The Hall–Kier alpha value is -2.49. The van der Waals surface area contributed by atoms with Crippen molar-refractivity contribution in [3.05, 3.63) is 54.1 Å². The topological polar surface area (TPSA) is 84.6 Å². The van der Waals surface area contributed by atoms with Crippen LogP contribution in [0.1, 0.15) is 5.56 Å². The van der Waals surface area contributed by atoms with Crippen molar-refractivity contribution >= 4 is 17.2 Å². The summed E-state index contributed by atoms with van der Waals surface area (Å²) >= 11 is 0. The lowest BCUT2D eigenvalue weighted by Gasteiger charge is -2.04. The monoisotopic (exact) mass is 227 g/mol. The van der Waals surface area contributed by atoms with Crippen molar-refractivity contribution in [2.45, 2.75) is 0 Å². The van der Waals surface area contributed by atoms with Crippen molar-refractivity contribution in [3.63, 3.8) is 0 Å². The zero-order valence-electron chi connectivity index (χ0n) is 9.17. The number of hydrogen-bond donors (Lipinski definition) is 3. The van der Waals surface area contributed by atoms with Gasteiger partial charge in [0.1, 0.15) is 11.6 Å². The molecule has 2 aromatic rings. The minimum atomic E-state index is 0.0298. The molecule has 0 saturated heterocycles. The largest absolute Gasteiger partial charge is 0.507 e. The second kappa shape index (κ2) is 4.57. The van der Waals surface area contributed by atoms with Gasteiger partial charge in [0.2, 0.25) is 0 Å². The molecule has 0 aliphatic rings. The standard InChI is InChI=1S/C13H13N3O/c14-9-6-7-11(12(17)8-9)13(15)16-10-4-2-1-3-5-10/h1-8,17H,14H2,(H2,15,16). The Morgan fingerprint density at radius 1 is 1.06 bits per heavy atom. The smallest absolute Gasteiger partial charge is 0.135 e. The number of para-hydroxylation sites is 1. The van der Waals surface area contributed by atoms with Crippen LogP contribution in [-0.2, 0) is 0 Å². The summed E-state index contributed by atoms with van der Waals surface area (Å²) in [6.45, 7) is 0. The Morgan fingerprint density at radius 2 is 1.76 bits per heavy atom. The van der Waals surface area contributed by atoms with E-state index in [4.69, 9.17) is 11.5 Å². The highest BCUT2D eigenvalue weighted by molar-refractivity contribution is 6.01. The van der Waals surface area contributed by atoms with Gasteiger partial charge in [0.05, 0.1) is 11.3 Å². The molecule has 0 aromatic heterocycles. The molecule has 0 aliphatic carbocycles. The van der Waals surface area contributed by atoms with E-state index >= 15 is 0 Å². The third-order valence-corrected chi connectivity index (χ3v) is 2.30. The lowest BCUT2D eigenvalue weighted by molar-refractivity contribution is 0.474. The van der Waals surface area contributed by atoms with Crippen LogP contribution < -0.4 is 11.5 Å². The van der Waals surface area contributed by atoms with Crippen LogP contribution >= 0.6 is 0 Å². The number of hydrogen-bond acceptors (Lipinski definition) is 3. The Morgan fingerprint density at radius 3 is 2.41 bits per heavy atom. The van der Waals surface area contributed by atoms with E-state index in [9.17, 15) is 5.11 Å². The van der Waals surface area contributed by atoms with Gasteiger partial charge in [0.25, 0.3) is 0 Å². The van der Waals surface area contributed by atoms with Crippen LogP contribution in [0.4, 0.5) is 11.4 Å². The van der Waals surface area contributed by atoms with Crippen molar-refractivity contribution in [2.24, 2.45) is 10.7 Å². The van der Waals surface area contributed by atoms with Crippen LogP contribution in [0.25, 0.3) is 0 Å². The van der Waals surface area contributed by atoms with Crippen LogP contribution in [0.15, 0.2) is 53.5 Å². The molecule has 86 valence electrons. The number of phenols is 1. The number of anilines is 1. The minimum Gasteiger partial charge on any atom is -0.507 e. The highest BCUT2D eigenvalue weighted by atomic mass is 16.3. The molecule has 0 aliphatic heterocycles. The van der Waals surface area contributed by atoms with Crippen LogP contribution in [0, 0.1) is 0 Å². The van der Waals surface area contributed by atoms with Gasteiger partial charge < -0.3 is 16.6 Å². The van der Waals surface area contributed by atoms with E-state index in [0.29, 0.717) is 11.3 Å². The van der Waals surface area contributed by atoms with Crippen molar-refractivity contribution in [1.82, 2.24) is 0 Å². The highest BCUT2D eigenvalue weighted by Gasteiger charge is 2.05. The average molecular weight is 227 g/mol. The first-order valence-corrected chi connectivity index (χ1v) is 5.15. The van der Waals surface area contributed by atoms with Crippen LogP contribution in [0.3, 0.4) is 0 Å². The van der Waals surface area contributed by atoms with Crippen molar-refractivity contribution < 1.29 is 5.11 Å². The van der Waals surface area contributed by atoms with Crippen LogP contribution in [0.5, 0.6) is 5.75 Å². The van der Waals surface area contributed by atoms with E-state index < -0.39 is 0 Å². The number of benzene rings is 2. The van der Waals surface area contributed by atoms with Gasteiger partial charge in [-0.3, -0.25) is 0 Å². The fourth-order valence-corrected chi connectivity index (χ4v) is 1.47. The first-order chi connectivity index (χ1) is 8.16. The number of aliphatic imine (C=N–C) groups is 1. The SMILES string of the molecule is NC(=Nc1ccccc1)c1ccc(N)cc1O. The summed E-state index contributed by atoms with van der Waals surface area (Å²) in [5, 5.41) is 9.70. The maximum Gasteiger partial charge on any atom is 0.135 e. The zero-order valence-corrected chi connectivity index (χ0v) is 9.17. The van der Waals surface area contributed by atoms with E-state index in [1.165, 1.54) is 6.07 Å². The third-order valence-electron chi connectivity index (χ3n) is 2.30. The van der Waals surface area contributed by atoms with Gasteiger partial charge in [-0.25, -0.2) is 4.99 Å². The molecule has 5 N–H and O–H groups in total. The molecule has 0 bridgehead atoms. The Bertz CT molecular complexity index is 550. The molecule has 0 amide bonds. The molecular formula is C13H13N3O. The van der Waals surface area contributed by atoms with Crippen LogP contribution in [0.2, 0.25) is 0 Å². The molecule has 0 saturated carbocycles. The number of phenolic OH excluding ortho intramolecular Hbond substituents is 1. The number of amidine groups is 1. The Kier molecular flexibility index (Phi) is 2.96. The maximum atomic E-state index is 9.70. The molecule has 0 unspecified atom stereocenters. The fraction of sp³-hybridized carbons (Fsp3) is 0. The van der Waals surface area contributed by atoms with Crippen LogP contribution in [-0.4, -0.2) is 10.9 Å². The third kappa shape index (κ3) is 2.55. The van der Waals surface area contributed by atoms with Gasteiger partial charge in [-0.1, -0.05) is 18.2 Å². The summed E-state index contributed by atoms with van der Waals surface area (Å²) in [6, 6.07) is 14.1. The number of nitrogen functional groups attached to an aromatic ring is 1. The molecule has 17 heavy (non-hydrogen) atoms. The van der Waals surface area contributed by atoms with Gasteiger partial charge in [0, 0.05) is 11.8 Å². The Balaban J connectivity index is 2.37. The number of nitrogens with two attached hydrogens (primary N) is 2. The number of aromatic hydroxyl groups is 1. The number of nitrogens with zero attached hydrogens (tertiary/aromatic N) is 1. The lowest BCUT2D eigenvalue weighted by Crippen LogP contribution is -2.13. The van der Waals surface area contributed by atoms with Gasteiger partial charge >= 0.3 is 0 Å². The van der Waals surface area contributed by atoms with Crippen molar-refractivity contribution in [2.75, 3.05) is 5.73 Å². The fourth-order valence-electron chi connectivity index (χ4n) is 1.47. The first kappa shape index (κ1) is 11.0. The van der Waals surface area contributed by atoms with E-state index in [1.807, 2.05) is 30.3 Å². The van der Waals surface area contributed by atoms with Gasteiger partial charge in [-0.2, -0.15) is 0 Å². The summed E-state index contributed by atoms with van der Waals surface area (Å²) < 4.78 is 0. The Labute approximate surface area is 99.2 Å². The van der Waals surface area contributed by atoms with Gasteiger partial charge in [-0.05, 0) is 24.3 Å². The molecule has 4 nitrogen and oxygen atoms in total. The second-order valence-corrected chi connectivity index (χ2v) is 3.61. The molecular weight excluding hydrogens is 214 g/mol. The predicted octanol–water partition coefficient (Wildman–Crippen LogP) is 2.01. The minimum absolute atomic E-state index is 0.0298. The summed E-state index contributed by atoms with van der Waals surface area (Å²) in [7, 11) is 0. The maximum absolute atomic E-state index is 9.70. The van der Waals surface area contributed by atoms with E-state index in [2.05, 4.69) is 4.99 Å². The summed E-state index contributed by atoms with van der Waals surface area (Å²) in [5.41, 5.74) is 13.1.